The number of halogens is 3. The zero-order valence-corrected chi connectivity index (χ0v) is 20.1. The van der Waals surface area contributed by atoms with Crippen LogP contribution in [0, 0.1) is 0 Å². The third-order valence-electron chi connectivity index (χ3n) is 5.93. The van der Waals surface area contributed by atoms with Crippen LogP contribution in [-0.2, 0) is 25.9 Å². The van der Waals surface area contributed by atoms with E-state index in [1.54, 1.807) is 34.1 Å². The van der Waals surface area contributed by atoms with Crippen LogP contribution in [0.4, 0.5) is 0 Å². The molecule has 0 saturated heterocycles. The van der Waals surface area contributed by atoms with Crippen molar-refractivity contribution in [1.82, 2.24) is 9.13 Å². The van der Waals surface area contributed by atoms with Crippen LogP contribution in [0.15, 0.2) is 52.1 Å². The first-order valence-corrected chi connectivity index (χ1v) is 12.3. The number of fused-ring (bicyclic) bond motifs is 3. The molecule has 0 saturated carbocycles. The molecule has 0 aliphatic heterocycles. The minimum absolute atomic E-state index is 0.124. The van der Waals surface area contributed by atoms with Crippen molar-refractivity contribution < 1.29 is 0 Å². The van der Waals surface area contributed by atoms with Gasteiger partial charge >= 0.3 is 5.69 Å². The van der Waals surface area contributed by atoms with Crippen LogP contribution in [0.1, 0.15) is 34.4 Å². The Morgan fingerprint density at radius 3 is 2.41 bits per heavy atom. The van der Waals surface area contributed by atoms with E-state index in [0.717, 1.165) is 47.2 Å². The molecule has 32 heavy (non-hydrogen) atoms. The van der Waals surface area contributed by atoms with E-state index in [2.05, 4.69) is 0 Å². The smallest absolute Gasteiger partial charge is 0.280 e. The molecule has 1 aliphatic rings. The van der Waals surface area contributed by atoms with Crippen LogP contribution >= 0.6 is 46.1 Å². The fraction of sp³-hybridized carbons (Fsp3) is 0.250. The fourth-order valence-corrected chi connectivity index (χ4v) is 6.20. The van der Waals surface area contributed by atoms with Gasteiger partial charge in [0.25, 0.3) is 5.56 Å². The van der Waals surface area contributed by atoms with Crippen LogP contribution in [0.2, 0.25) is 15.1 Å². The summed E-state index contributed by atoms with van der Waals surface area (Å²) in [5, 5.41) is 2.09. The first kappa shape index (κ1) is 21.8. The topological polar surface area (TPSA) is 44.0 Å². The summed E-state index contributed by atoms with van der Waals surface area (Å²) >= 11 is 20.2. The van der Waals surface area contributed by atoms with Gasteiger partial charge in [-0.3, -0.25) is 13.9 Å². The second kappa shape index (κ2) is 8.71. The highest BCUT2D eigenvalue weighted by atomic mass is 35.5. The molecule has 2 aromatic carbocycles. The van der Waals surface area contributed by atoms with Gasteiger partial charge < -0.3 is 0 Å². The molecule has 0 spiro atoms. The number of nitrogens with zero attached hydrogens (tertiary/aromatic N) is 2. The predicted octanol–water partition coefficient (Wildman–Crippen LogP) is 6.16. The van der Waals surface area contributed by atoms with Crippen molar-refractivity contribution in [3.63, 3.8) is 0 Å². The Morgan fingerprint density at radius 2 is 1.62 bits per heavy atom. The molecule has 4 aromatic rings. The number of aromatic nitrogens is 2. The van der Waals surface area contributed by atoms with E-state index in [9.17, 15) is 9.59 Å². The van der Waals surface area contributed by atoms with Crippen molar-refractivity contribution >= 4 is 56.4 Å². The van der Waals surface area contributed by atoms with E-state index < -0.39 is 0 Å². The van der Waals surface area contributed by atoms with Gasteiger partial charge in [-0.25, -0.2) is 4.79 Å². The third kappa shape index (κ3) is 3.81. The van der Waals surface area contributed by atoms with Gasteiger partial charge in [-0.1, -0.05) is 59.1 Å². The lowest BCUT2D eigenvalue weighted by Crippen LogP contribution is -2.40. The minimum Gasteiger partial charge on any atom is -0.280 e. The van der Waals surface area contributed by atoms with E-state index in [-0.39, 0.29) is 17.8 Å². The van der Waals surface area contributed by atoms with E-state index in [1.165, 1.54) is 9.44 Å². The Balaban J connectivity index is 1.75. The van der Waals surface area contributed by atoms with Gasteiger partial charge in [0.2, 0.25) is 0 Å². The molecule has 0 N–H and O–H groups in total. The maximum atomic E-state index is 13.6. The van der Waals surface area contributed by atoms with Gasteiger partial charge in [0.05, 0.1) is 28.5 Å². The number of rotatable bonds is 4. The van der Waals surface area contributed by atoms with Gasteiger partial charge in [-0.2, -0.15) is 0 Å². The van der Waals surface area contributed by atoms with Crippen molar-refractivity contribution in [3.05, 3.63) is 99.9 Å². The third-order valence-corrected chi connectivity index (χ3v) is 8.35. The van der Waals surface area contributed by atoms with Gasteiger partial charge in [-0.15, -0.1) is 11.3 Å². The summed E-state index contributed by atoms with van der Waals surface area (Å²) in [7, 11) is 0. The number of benzene rings is 2. The highest BCUT2D eigenvalue weighted by Crippen LogP contribution is 2.34. The normalized spacial score (nSPS) is 13.5. The average Bonchev–Trinajstić information content (AvgIpc) is 3.17. The van der Waals surface area contributed by atoms with Gasteiger partial charge in [0.1, 0.15) is 4.83 Å². The van der Waals surface area contributed by atoms with E-state index in [1.807, 2.05) is 24.3 Å². The van der Waals surface area contributed by atoms with E-state index in [4.69, 9.17) is 34.8 Å². The molecule has 1 aliphatic carbocycles. The summed E-state index contributed by atoms with van der Waals surface area (Å²) in [5.74, 6) is 0. The van der Waals surface area contributed by atoms with Gasteiger partial charge in [0, 0.05) is 9.90 Å². The lowest BCUT2D eigenvalue weighted by atomic mass is 9.97. The Labute approximate surface area is 203 Å². The predicted molar refractivity (Wildman–Crippen MR) is 133 cm³/mol. The molecule has 2 heterocycles. The maximum Gasteiger partial charge on any atom is 0.332 e. The molecule has 0 atom stereocenters. The summed E-state index contributed by atoms with van der Waals surface area (Å²) in [4.78, 5) is 29.1. The Bertz CT molecular complexity index is 1470. The molecule has 164 valence electrons. The molecule has 2 aromatic heterocycles. The first-order chi connectivity index (χ1) is 15.4. The maximum absolute atomic E-state index is 13.6. The van der Waals surface area contributed by atoms with Crippen molar-refractivity contribution in [2.45, 2.75) is 38.8 Å². The molecule has 0 fully saturated rings. The number of hydrogen-bond donors (Lipinski definition) is 0. The van der Waals surface area contributed by atoms with Crippen LogP contribution in [0.3, 0.4) is 0 Å². The molecule has 0 radical (unpaired) electrons. The molecule has 8 heteroatoms. The van der Waals surface area contributed by atoms with Gasteiger partial charge in [-0.05, 0) is 60.6 Å². The zero-order valence-electron chi connectivity index (χ0n) is 17.0. The number of aryl methyl sites for hydroxylation is 2. The average molecular weight is 506 g/mol. The molecule has 4 nitrogen and oxygen atoms in total. The SMILES string of the molecule is O=c1c2c3c(sc2n(Cc2ccc(Cl)c(Cl)c2)c(=O)n1Cc1ccccc1Cl)CCCC3. The van der Waals surface area contributed by atoms with E-state index >= 15 is 0 Å². The van der Waals surface area contributed by atoms with Crippen LogP contribution < -0.4 is 11.2 Å². The summed E-state index contributed by atoms with van der Waals surface area (Å²) in [5.41, 5.74) is 2.08. The van der Waals surface area contributed by atoms with Crippen molar-refractivity contribution in [2.24, 2.45) is 0 Å². The van der Waals surface area contributed by atoms with Crippen LogP contribution in [0.25, 0.3) is 10.2 Å². The molecule has 5 rings (SSSR count). The lowest BCUT2D eigenvalue weighted by molar-refractivity contribution is 0.636. The second-order valence-electron chi connectivity index (χ2n) is 7.99. The molecule has 0 amide bonds. The van der Waals surface area contributed by atoms with Crippen LogP contribution in [0.5, 0.6) is 0 Å². The standard InChI is InChI=1S/C24H19Cl3N2O2S/c25-17-7-3-1-5-15(17)13-28-22(30)21-16-6-2-4-8-20(16)32-23(21)29(24(28)31)12-14-9-10-18(26)19(27)11-14/h1,3,5,7,9-11H,2,4,6,8,12-13H2. The largest absolute Gasteiger partial charge is 0.332 e. The monoisotopic (exact) mass is 504 g/mol. The van der Waals surface area contributed by atoms with Crippen molar-refractivity contribution in [1.29, 1.82) is 0 Å². The van der Waals surface area contributed by atoms with E-state index in [0.29, 0.717) is 27.0 Å². The number of hydrogen-bond acceptors (Lipinski definition) is 3. The lowest BCUT2D eigenvalue weighted by Gasteiger charge is -2.14. The fourth-order valence-electron chi connectivity index (χ4n) is 4.31. The summed E-state index contributed by atoms with van der Waals surface area (Å²) in [6.45, 7) is 0.424. The zero-order chi connectivity index (χ0) is 22.4. The van der Waals surface area contributed by atoms with Crippen molar-refractivity contribution in [2.75, 3.05) is 0 Å². The molecular weight excluding hydrogens is 487 g/mol. The molecule has 0 bridgehead atoms. The Kier molecular flexibility index (Phi) is 5.93. The highest BCUT2D eigenvalue weighted by molar-refractivity contribution is 7.18. The number of thiophene rings is 1. The summed E-state index contributed by atoms with van der Waals surface area (Å²) in [6, 6.07) is 12.6. The van der Waals surface area contributed by atoms with Crippen LogP contribution in [-0.4, -0.2) is 9.13 Å². The Morgan fingerprint density at radius 1 is 0.844 bits per heavy atom. The molecular formula is C24H19Cl3N2O2S. The quantitative estimate of drug-likeness (QED) is 0.333. The Hall–Kier alpha value is -2.05. The summed E-state index contributed by atoms with van der Waals surface area (Å²) in [6.07, 6.45) is 3.96. The van der Waals surface area contributed by atoms with Crippen molar-refractivity contribution in [3.8, 4) is 0 Å². The second-order valence-corrected chi connectivity index (χ2v) is 10.3. The van der Waals surface area contributed by atoms with Gasteiger partial charge in [0.15, 0.2) is 0 Å². The summed E-state index contributed by atoms with van der Waals surface area (Å²) < 4.78 is 3.00. The highest BCUT2D eigenvalue weighted by Gasteiger charge is 2.24. The molecule has 0 unspecified atom stereocenters. The minimum atomic E-state index is -0.355. The first-order valence-electron chi connectivity index (χ1n) is 10.4.